The summed E-state index contributed by atoms with van der Waals surface area (Å²) >= 11 is 5.81. The predicted octanol–water partition coefficient (Wildman–Crippen LogP) is 2.98. The number of benzene rings is 2. The van der Waals surface area contributed by atoms with Gasteiger partial charge in [-0.15, -0.1) is 0 Å². The van der Waals surface area contributed by atoms with E-state index in [9.17, 15) is 9.90 Å². The van der Waals surface area contributed by atoms with Crippen molar-refractivity contribution >= 4 is 22.7 Å². The molecular formula is C15H12ClNO3. The van der Waals surface area contributed by atoms with Crippen LogP contribution in [0.15, 0.2) is 57.7 Å². The molecule has 0 amide bonds. The van der Waals surface area contributed by atoms with Gasteiger partial charge in [0.15, 0.2) is 5.58 Å². The molecule has 0 spiro atoms. The summed E-state index contributed by atoms with van der Waals surface area (Å²) < 4.78 is 6.56. The Labute approximate surface area is 119 Å². The van der Waals surface area contributed by atoms with Crippen LogP contribution in [0.3, 0.4) is 0 Å². The van der Waals surface area contributed by atoms with E-state index < -0.39 is 11.9 Å². The van der Waals surface area contributed by atoms with Gasteiger partial charge in [-0.1, -0.05) is 35.9 Å². The first kappa shape index (κ1) is 13.0. The molecule has 3 aromatic rings. The summed E-state index contributed by atoms with van der Waals surface area (Å²) in [6.45, 7) is 0.136. The van der Waals surface area contributed by atoms with Crippen LogP contribution in [0.4, 0.5) is 0 Å². The molecule has 0 bridgehead atoms. The van der Waals surface area contributed by atoms with E-state index in [1.807, 2.05) is 6.07 Å². The van der Waals surface area contributed by atoms with E-state index in [1.54, 1.807) is 42.5 Å². The number of fused-ring (bicyclic) bond motifs is 1. The second-order valence-corrected chi connectivity index (χ2v) is 4.95. The van der Waals surface area contributed by atoms with Crippen molar-refractivity contribution in [1.82, 2.24) is 4.57 Å². The highest BCUT2D eigenvalue weighted by molar-refractivity contribution is 6.30. The zero-order valence-electron chi connectivity index (χ0n) is 10.5. The molecule has 4 nitrogen and oxygen atoms in total. The molecular weight excluding hydrogens is 278 g/mol. The minimum atomic E-state index is -0.800. The lowest BCUT2D eigenvalue weighted by molar-refractivity contribution is 0.155. The fourth-order valence-corrected chi connectivity index (χ4v) is 2.28. The molecule has 0 aliphatic carbocycles. The molecule has 0 saturated carbocycles. The Morgan fingerprint density at radius 3 is 2.60 bits per heavy atom. The van der Waals surface area contributed by atoms with Gasteiger partial charge < -0.3 is 9.52 Å². The van der Waals surface area contributed by atoms with Crippen molar-refractivity contribution < 1.29 is 9.52 Å². The maximum Gasteiger partial charge on any atom is 0.420 e. The van der Waals surface area contributed by atoms with E-state index in [4.69, 9.17) is 16.0 Å². The van der Waals surface area contributed by atoms with Crippen molar-refractivity contribution in [3.05, 3.63) is 69.7 Å². The molecule has 0 saturated heterocycles. The van der Waals surface area contributed by atoms with Gasteiger partial charge in [0.1, 0.15) is 0 Å². The predicted molar refractivity (Wildman–Crippen MR) is 76.9 cm³/mol. The molecule has 1 atom stereocenters. The highest BCUT2D eigenvalue weighted by atomic mass is 35.5. The van der Waals surface area contributed by atoms with Crippen LogP contribution in [0.2, 0.25) is 5.02 Å². The van der Waals surface area contributed by atoms with Gasteiger partial charge in [-0.25, -0.2) is 4.79 Å². The first-order chi connectivity index (χ1) is 9.65. The van der Waals surface area contributed by atoms with E-state index >= 15 is 0 Å². The smallest absolute Gasteiger partial charge is 0.408 e. The van der Waals surface area contributed by atoms with Crippen LogP contribution >= 0.6 is 11.6 Å². The van der Waals surface area contributed by atoms with Gasteiger partial charge >= 0.3 is 5.76 Å². The SMILES string of the molecule is O=c1oc2ccccc2n1CC(O)c1ccc(Cl)cc1. The molecule has 1 heterocycles. The molecule has 1 aromatic heterocycles. The van der Waals surface area contributed by atoms with E-state index in [0.29, 0.717) is 21.7 Å². The Morgan fingerprint density at radius 1 is 1.15 bits per heavy atom. The minimum absolute atomic E-state index is 0.136. The topological polar surface area (TPSA) is 55.4 Å². The fourth-order valence-electron chi connectivity index (χ4n) is 2.15. The third-order valence-corrected chi connectivity index (χ3v) is 3.44. The number of rotatable bonds is 3. The van der Waals surface area contributed by atoms with Crippen molar-refractivity contribution in [3.8, 4) is 0 Å². The highest BCUT2D eigenvalue weighted by Gasteiger charge is 2.14. The minimum Gasteiger partial charge on any atom is -0.408 e. The molecule has 2 aromatic carbocycles. The Hall–Kier alpha value is -2.04. The summed E-state index contributed by atoms with van der Waals surface area (Å²) in [7, 11) is 0. The maximum atomic E-state index is 11.8. The van der Waals surface area contributed by atoms with Crippen LogP contribution in [0, 0.1) is 0 Å². The van der Waals surface area contributed by atoms with Crippen LogP contribution in [0.5, 0.6) is 0 Å². The van der Waals surface area contributed by atoms with Gasteiger partial charge in [-0.2, -0.15) is 0 Å². The summed E-state index contributed by atoms with van der Waals surface area (Å²) in [5.41, 5.74) is 1.89. The number of hydrogen-bond donors (Lipinski definition) is 1. The lowest BCUT2D eigenvalue weighted by Crippen LogP contribution is -2.18. The van der Waals surface area contributed by atoms with Gasteiger partial charge in [0.25, 0.3) is 0 Å². The van der Waals surface area contributed by atoms with E-state index in [1.165, 1.54) is 4.57 Å². The molecule has 20 heavy (non-hydrogen) atoms. The number of para-hydroxylation sites is 2. The summed E-state index contributed by atoms with van der Waals surface area (Å²) in [6, 6.07) is 14.0. The molecule has 1 unspecified atom stereocenters. The van der Waals surface area contributed by atoms with Gasteiger partial charge in [-0.05, 0) is 29.8 Å². The van der Waals surface area contributed by atoms with Crippen LogP contribution in [-0.4, -0.2) is 9.67 Å². The monoisotopic (exact) mass is 289 g/mol. The van der Waals surface area contributed by atoms with Crippen LogP contribution in [0.25, 0.3) is 11.1 Å². The molecule has 0 aliphatic heterocycles. The van der Waals surface area contributed by atoms with Gasteiger partial charge in [0, 0.05) is 5.02 Å². The fraction of sp³-hybridized carbons (Fsp3) is 0.133. The van der Waals surface area contributed by atoms with Gasteiger partial charge in [-0.3, -0.25) is 4.57 Å². The van der Waals surface area contributed by atoms with Crippen molar-refractivity contribution in [2.45, 2.75) is 12.6 Å². The molecule has 5 heteroatoms. The Kier molecular flexibility index (Phi) is 3.34. The molecule has 0 aliphatic rings. The van der Waals surface area contributed by atoms with Crippen molar-refractivity contribution in [1.29, 1.82) is 0 Å². The largest absolute Gasteiger partial charge is 0.420 e. The third kappa shape index (κ3) is 2.35. The lowest BCUT2D eigenvalue weighted by atomic mass is 10.1. The van der Waals surface area contributed by atoms with Gasteiger partial charge in [0.05, 0.1) is 18.2 Å². The maximum absolute atomic E-state index is 11.8. The van der Waals surface area contributed by atoms with Crippen LogP contribution in [-0.2, 0) is 6.54 Å². The Bertz CT molecular complexity index is 789. The number of oxazole rings is 1. The second kappa shape index (κ2) is 5.15. The van der Waals surface area contributed by atoms with Crippen molar-refractivity contribution in [2.75, 3.05) is 0 Å². The van der Waals surface area contributed by atoms with Gasteiger partial charge in [0.2, 0.25) is 0 Å². The Morgan fingerprint density at radius 2 is 1.85 bits per heavy atom. The molecule has 3 rings (SSSR count). The molecule has 0 radical (unpaired) electrons. The number of aromatic nitrogens is 1. The van der Waals surface area contributed by atoms with Crippen molar-refractivity contribution in [2.24, 2.45) is 0 Å². The first-order valence-electron chi connectivity index (χ1n) is 6.17. The number of hydrogen-bond acceptors (Lipinski definition) is 3. The highest BCUT2D eigenvalue weighted by Crippen LogP contribution is 2.20. The number of aliphatic hydroxyl groups excluding tert-OH is 1. The Balaban J connectivity index is 1.95. The zero-order valence-corrected chi connectivity index (χ0v) is 11.2. The van der Waals surface area contributed by atoms with E-state index in [0.717, 1.165) is 0 Å². The number of aliphatic hydroxyl groups is 1. The average molecular weight is 290 g/mol. The van der Waals surface area contributed by atoms with Crippen LogP contribution in [0.1, 0.15) is 11.7 Å². The average Bonchev–Trinajstić information content (AvgIpc) is 2.76. The molecule has 1 N–H and O–H groups in total. The summed E-state index contributed by atoms with van der Waals surface area (Å²) in [6.07, 6.45) is -0.800. The molecule has 102 valence electrons. The standard InChI is InChI=1S/C15H12ClNO3/c16-11-7-5-10(6-8-11)13(18)9-17-12-3-1-2-4-14(12)20-15(17)19/h1-8,13,18H,9H2. The quantitative estimate of drug-likeness (QED) is 0.806. The van der Waals surface area contributed by atoms with Crippen molar-refractivity contribution in [3.63, 3.8) is 0 Å². The second-order valence-electron chi connectivity index (χ2n) is 4.51. The summed E-state index contributed by atoms with van der Waals surface area (Å²) in [5.74, 6) is -0.473. The van der Waals surface area contributed by atoms with E-state index in [2.05, 4.69) is 0 Å². The summed E-state index contributed by atoms with van der Waals surface area (Å²) in [4.78, 5) is 11.8. The lowest BCUT2D eigenvalue weighted by Gasteiger charge is -2.11. The summed E-state index contributed by atoms with van der Waals surface area (Å²) in [5, 5.41) is 10.8. The normalized spacial score (nSPS) is 12.7. The zero-order chi connectivity index (χ0) is 14.1. The first-order valence-corrected chi connectivity index (χ1v) is 6.55. The third-order valence-electron chi connectivity index (χ3n) is 3.18. The number of nitrogens with zero attached hydrogens (tertiary/aromatic N) is 1. The van der Waals surface area contributed by atoms with Crippen LogP contribution < -0.4 is 5.76 Å². The number of halogens is 1. The van der Waals surface area contributed by atoms with E-state index in [-0.39, 0.29) is 6.54 Å². The molecule has 0 fully saturated rings.